The zero-order chi connectivity index (χ0) is 17.9. The molecule has 1 aliphatic rings. The van der Waals surface area contributed by atoms with Crippen molar-refractivity contribution in [2.45, 2.75) is 6.54 Å². The summed E-state index contributed by atoms with van der Waals surface area (Å²) in [6.07, 6.45) is 0. The molecule has 1 heterocycles. The van der Waals surface area contributed by atoms with Gasteiger partial charge in [0.05, 0.1) is 19.7 Å². The molecule has 0 radical (unpaired) electrons. The summed E-state index contributed by atoms with van der Waals surface area (Å²) < 4.78 is 4.89. The van der Waals surface area contributed by atoms with Gasteiger partial charge in [0, 0.05) is 46.4 Å². The number of benzene rings is 1. The highest BCUT2D eigenvalue weighted by atomic mass is 16.5. The Hall–Kier alpha value is -1.96. The molecular formula is C18H28N4O3. The normalized spacial score (nSPS) is 15.2. The summed E-state index contributed by atoms with van der Waals surface area (Å²) in [6, 6.07) is 10.3. The quantitative estimate of drug-likeness (QED) is 0.599. The minimum absolute atomic E-state index is 0.0235. The number of hydrogen-bond acceptors (Lipinski definition) is 5. The first-order valence-corrected chi connectivity index (χ1v) is 8.69. The van der Waals surface area contributed by atoms with E-state index in [4.69, 9.17) is 4.74 Å². The van der Waals surface area contributed by atoms with Crippen LogP contribution in [0.2, 0.25) is 0 Å². The van der Waals surface area contributed by atoms with E-state index >= 15 is 0 Å². The van der Waals surface area contributed by atoms with Crippen molar-refractivity contribution >= 4 is 11.8 Å². The van der Waals surface area contributed by atoms with Crippen LogP contribution in [0.5, 0.6) is 0 Å². The minimum Gasteiger partial charge on any atom is -0.383 e. The maximum Gasteiger partial charge on any atom is 0.242 e. The highest BCUT2D eigenvalue weighted by Gasteiger charge is 2.21. The molecular weight excluding hydrogens is 320 g/mol. The molecule has 0 aromatic heterocycles. The van der Waals surface area contributed by atoms with E-state index in [1.807, 2.05) is 23.1 Å². The third kappa shape index (κ3) is 7.21. The molecule has 1 aromatic rings. The molecule has 1 saturated heterocycles. The number of nitrogens with one attached hydrogen (secondary N) is 2. The highest BCUT2D eigenvalue weighted by Crippen LogP contribution is 2.08. The number of methoxy groups -OCH3 is 1. The van der Waals surface area contributed by atoms with Gasteiger partial charge in [0.2, 0.25) is 11.8 Å². The van der Waals surface area contributed by atoms with E-state index in [-0.39, 0.29) is 24.9 Å². The average Bonchev–Trinajstić information content (AvgIpc) is 2.65. The van der Waals surface area contributed by atoms with E-state index < -0.39 is 0 Å². The van der Waals surface area contributed by atoms with Gasteiger partial charge in [-0.1, -0.05) is 30.3 Å². The van der Waals surface area contributed by atoms with Gasteiger partial charge in [0.25, 0.3) is 0 Å². The van der Waals surface area contributed by atoms with Gasteiger partial charge in [-0.25, -0.2) is 0 Å². The molecule has 138 valence electrons. The van der Waals surface area contributed by atoms with Gasteiger partial charge in [-0.2, -0.15) is 0 Å². The van der Waals surface area contributed by atoms with Gasteiger partial charge < -0.3 is 20.3 Å². The van der Waals surface area contributed by atoms with Crippen molar-refractivity contribution in [1.29, 1.82) is 0 Å². The lowest BCUT2D eigenvalue weighted by Gasteiger charge is -2.34. The van der Waals surface area contributed by atoms with Gasteiger partial charge >= 0.3 is 0 Å². The SMILES string of the molecule is COCCNCC(=O)NCC(=O)N1CCN(Cc2ccccc2)CC1. The molecule has 0 bridgehead atoms. The summed E-state index contributed by atoms with van der Waals surface area (Å²) in [5.41, 5.74) is 1.29. The first-order valence-electron chi connectivity index (χ1n) is 8.69. The molecule has 25 heavy (non-hydrogen) atoms. The predicted octanol–water partition coefficient (Wildman–Crippen LogP) is -0.317. The lowest BCUT2D eigenvalue weighted by atomic mass is 10.2. The summed E-state index contributed by atoms with van der Waals surface area (Å²) in [5, 5.41) is 5.61. The molecule has 2 N–H and O–H groups in total. The lowest BCUT2D eigenvalue weighted by molar-refractivity contribution is -0.134. The number of carbonyl (C=O) groups excluding carboxylic acids is 2. The summed E-state index contributed by atoms with van der Waals surface area (Å²) in [7, 11) is 1.61. The van der Waals surface area contributed by atoms with Crippen LogP contribution in [0.15, 0.2) is 30.3 Å². The summed E-state index contributed by atoms with van der Waals surface area (Å²) in [6.45, 7) is 5.44. The topological polar surface area (TPSA) is 73.9 Å². The Morgan fingerprint density at radius 2 is 1.80 bits per heavy atom. The number of rotatable bonds is 9. The van der Waals surface area contributed by atoms with Crippen molar-refractivity contribution in [2.24, 2.45) is 0 Å². The van der Waals surface area contributed by atoms with Gasteiger partial charge in [0.1, 0.15) is 0 Å². The fraction of sp³-hybridized carbons (Fsp3) is 0.556. The van der Waals surface area contributed by atoms with Crippen molar-refractivity contribution in [3.63, 3.8) is 0 Å². The van der Waals surface area contributed by atoms with E-state index in [2.05, 4.69) is 27.7 Å². The Bertz CT molecular complexity index is 530. The van der Waals surface area contributed by atoms with Crippen molar-refractivity contribution < 1.29 is 14.3 Å². The van der Waals surface area contributed by atoms with E-state index in [0.717, 1.165) is 19.6 Å². The van der Waals surface area contributed by atoms with Crippen LogP contribution in [0.25, 0.3) is 0 Å². The summed E-state index contributed by atoms with van der Waals surface area (Å²) in [5.74, 6) is -0.197. The Balaban J connectivity index is 1.61. The van der Waals surface area contributed by atoms with Crippen LogP contribution in [0.3, 0.4) is 0 Å². The van der Waals surface area contributed by atoms with E-state index in [1.54, 1.807) is 7.11 Å². The molecule has 7 nitrogen and oxygen atoms in total. The molecule has 1 fully saturated rings. The fourth-order valence-electron chi connectivity index (χ4n) is 2.72. The van der Waals surface area contributed by atoms with Crippen LogP contribution < -0.4 is 10.6 Å². The van der Waals surface area contributed by atoms with Crippen molar-refractivity contribution in [3.8, 4) is 0 Å². The zero-order valence-electron chi connectivity index (χ0n) is 14.9. The van der Waals surface area contributed by atoms with Gasteiger partial charge in [0.15, 0.2) is 0 Å². The molecule has 0 saturated carbocycles. The maximum atomic E-state index is 12.2. The second-order valence-corrected chi connectivity index (χ2v) is 6.09. The number of nitrogens with zero attached hydrogens (tertiary/aromatic N) is 2. The second-order valence-electron chi connectivity index (χ2n) is 6.09. The van der Waals surface area contributed by atoms with Crippen molar-refractivity contribution in [3.05, 3.63) is 35.9 Å². The number of amides is 2. The standard InChI is InChI=1S/C18H28N4O3/c1-25-12-7-19-13-17(23)20-14-18(24)22-10-8-21(9-11-22)15-16-5-3-2-4-6-16/h2-6,19H,7-15H2,1H3,(H,20,23). The molecule has 0 unspecified atom stereocenters. The molecule has 0 atom stereocenters. The molecule has 2 amide bonds. The predicted molar refractivity (Wildman–Crippen MR) is 96.1 cm³/mol. The second kappa shape index (κ2) is 10.8. The summed E-state index contributed by atoms with van der Waals surface area (Å²) in [4.78, 5) is 28.0. The molecule has 1 aromatic carbocycles. The fourth-order valence-corrected chi connectivity index (χ4v) is 2.72. The first kappa shape index (κ1) is 19.4. The van der Waals surface area contributed by atoms with Crippen LogP contribution in [0.4, 0.5) is 0 Å². The van der Waals surface area contributed by atoms with E-state index in [9.17, 15) is 9.59 Å². The first-order chi connectivity index (χ1) is 12.2. The Morgan fingerprint density at radius 1 is 1.08 bits per heavy atom. The Morgan fingerprint density at radius 3 is 2.48 bits per heavy atom. The van der Waals surface area contributed by atoms with Gasteiger partial charge in [-0.3, -0.25) is 14.5 Å². The number of ether oxygens (including phenoxy) is 1. The molecule has 0 aliphatic carbocycles. The zero-order valence-corrected chi connectivity index (χ0v) is 14.9. The highest BCUT2D eigenvalue weighted by molar-refractivity contribution is 5.85. The molecule has 1 aliphatic heterocycles. The van der Waals surface area contributed by atoms with Crippen LogP contribution >= 0.6 is 0 Å². The number of carbonyl (C=O) groups is 2. The molecule has 7 heteroatoms. The number of piperazine rings is 1. The van der Waals surface area contributed by atoms with Crippen molar-refractivity contribution in [2.75, 3.05) is 59.5 Å². The molecule has 0 spiro atoms. The lowest BCUT2D eigenvalue weighted by Crippen LogP contribution is -2.51. The third-order valence-electron chi connectivity index (χ3n) is 4.18. The number of hydrogen-bond donors (Lipinski definition) is 2. The monoisotopic (exact) mass is 348 g/mol. The van der Waals surface area contributed by atoms with E-state index in [0.29, 0.717) is 26.2 Å². The maximum absolute atomic E-state index is 12.2. The van der Waals surface area contributed by atoms with Gasteiger partial charge in [-0.15, -0.1) is 0 Å². The average molecular weight is 348 g/mol. The molecule has 2 rings (SSSR count). The summed E-state index contributed by atoms with van der Waals surface area (Å²) >= 11 is 0. The van der Waals surface area contributed by atoms with Crippen molar-refractivity contribution in [1.82, 2.24) is 20.4 Å². The third-order valence-corrected chi connectivity index (χ3v) is 4.18. The van der Waals surface area contributed by atoms with Crippen LogP contribution in [-0.2, 0) is 20.9 Å². The largest absolute Gasteiger partial charge is 0.383 e. The van der Waals surface area contributed by atoms with E-state index in [1.165, 1.54) is 5.56 Å². The Labute approximate surface area is 149 Å². The minimum atomic E-state index is -0.174. The van der Waals surface area contributed by atoms with Crippen LogP contribution in [0.1, 0.15) is 5.56 Å². The van der Waals surface area contributed by atoms with Gasteiger partial charge in [-0.05, 0) is 5.56 Å². The van der Waals surface area contributed by atoms with Crippen LogP contribution in [0, 0.1) is 0 Å². The smallest absolute Gasteiger partial charge is 0.242 e. The van der Waals surface area contributed by atoms with Crippen LogP contribution in [-0.4, -0.2) is 81.1 Å². The Kier molecular flexibility index (Phi) is 8.38.